The highest BCUT2D eigenvalue weighted by Crippen LogP contribution is 2.27. The molecule has 1 aromatic carbocycles. The smallest absolute Gasteiger partial charge is 0.190 e. The van der Waals surface area contributed by atoms with Gasteiger partial charge in [-0.2, -0.15) is 0 Å². The second-order valence-corrected chi connectivity index (χ2v) is 5.09. The molecular weight excluding hydrogens is 238 g/mol. The quantitative estimate of drug-likeness (QED) is 0.416. The highest BCUT2D eigenvalue weighted by molar-refractivity contribution is 5.79. The normalized spacial score (nSPS) is 15.3. The van der Waals surface area contributed by atoms with Crippen LogP contribution in [-0.2, 0) is 6.42 Å². The number of rotatable bonds is 6. The van der Waals surface area contributed by atoms with Gasteiger partial charge in [-0.15, -0.1) is 0 Å². The largest absolute Gasteiger partial charge is 0.508 e. The van der Waals surface area contributed by atoms with Crippen LogP contribution in [0.1, 0.15) is 24.8 Å². The number of benzene rings is 1. The van der Waals surface area contributed by atoms with Crippen LogP contribution >= 0.6 is 0 Å². The van der Waals surface area contributed by atoms with Crippen LogP contribution in [0.15, 0.2) is 29.3 Å². The van der Waals surface area contributed by atoms with Crippen molar-refractivity contribution in [3.8, 4) is 5.75 Å². The van der Waals surface area contributed by atoms with Crippen molar-refractivity contribution in [2.45, 2.75) is 25.7 Å². The Labute approximate surface area is 114 Å². The molecular formula is C15H23N3O. The van der Waals surface area contributed by atoms with Gasteiger partial charge in [0.05, 0.1) is 0 Å². The van der Waals surface area contributed by atoms with Crippen LogP contribution in [0.2, 0.25) is 0 Å². The van der Waals surface area contributed by atoms with Crippen molar-refractivity contribution in [2.24, 2.45) is 10.9 Å². The van der Waals surface area contributed by atoms with E-state index in [0.717, 1.165) is 37.8 Å². The van der Waals surface area contributed by atoms with Gasteiger partial charge >= 0.3 is 0 Å². The van der Waals surface area contributed by atoms with Gasteiger partial charge in [0.1, 0.15) is 5.75 Å². The van der Waals surface area contributed by atoms with Crippen molar-refractivity contribution < 1.29 is 5.11 Å². The second kappa shape index (κ2) is 7.02. The molecule has 0 radical (unpaired) electrons. The Balaban J connectivity index is 1.60. The molecule has 2 rings (SSSR count). The van der Waals surface area contributed by atoms with Crippen LogP contribution in [0.3, 0.4) is 0 Å². The molecule has 1 aliphatic carbocycles. The number of hydrogen-bond donors (Lipinski definition) is 3. The Morgan fingerprint density at radius 3 is 2.63 bits per heavy atom. The molecule has 104 valence electrons. The Bertz CT molecular complexity index is 410. The molecule has 1 aliphatic rings. The number of phenolic OH excluding ortho intramolecular Hbond substituents is 1. The lowest BCUT2D eigenvalue weighted by atomic mass is 10.1. The zero-order valence-corrected chi connectivity index (χ0v) is 11.5. The number of phenols is 1. The maximum atomic E-state index is 9.21. The molecule has 4 nitrogen and oxygen atoms in total. The molecule has 0 atom stereocenters. The number of nitrogens with zero attached hydrogens (tertiary/aromatic N) is 1. The minimum Gasteiger partial charge on any atom is -0.508 e. The molecule has 0 amide bonds. The molecule has 1 aromatic rings. The van der Waals surface area contributed by atoms with Crippen molar-refractivity contribution >= 4 is 5.96 Å². The predicted molar refractivity (Wildman–Crippen MR) is 78.5 cm³/mol. The topological polar surface area (TPSA) is 56.7 Å². The fraction of sp³-hybridized carbons (Fsp3) is 0.533. The molecule has 0 spiro atoms. The van der Waals surface area contributed by atoms with E-state index in [9.17, 15) is 5.11 Å². The molecule has 19 heavy (non-hydrogen) atoms. The van der Waals surface area contributed by atoms with Gasteiger partial charge in [0, 0.05) is 20.1 Å². The molecule has 1 saturated carbocycles. The van der Waals surface area contributed by atoms with Crippen molar-refractivity contribution in [1.29, 1.82) is 0 Å². The second-order valence-electron chi connectivity index (χ2n) is 5.09. The summed E-state index contributed by atoms with van der Waals surface area (Å²) in [4.78, 5) is 4.21. The first-order valence-electron chi connectivity index (χ1n) is 7.00. The first-order chi connectivity index (χ1) is 9.28. The van der Waals surface area contributed by atoms with Gasteiger partial charge in [0.15, 0.2) is 5.96 Å². The van der Waals surface area contributed by atoms with Crippen LogP contribution in [0.4, 0.5) is 0 Å². The Morgan fingerprint density at radius 1 is 1.26 bits per heavy atom. The van der Waals surface area contributed by atoms with Gasteiger partial charge in [-0.1, -0.05) is 12.1 Å². The average molecular weight is 261 g/mol. The monoisotopic (exact) mass is 261 g/mol. The number of guanidine groups is 1. The summed E-state index contributed by atoms with van der Waals surface area (Å²) in [7, 11) is 1.81. The summed E-state index contributed by atoms with van der Waals surface area (Å²) in [6, 6.07) is 7.41. The summed E-state index contributed by atoms with van der Waals surface area (Å²) in [5.41, 5.74) is 1.25. The van der Waals surface area contributed by atoms with Crippen LogP contribution in [0, 0.1) is 5.92 Å². The van der Waals surface area contributed by atoms with E-state index < -0.39 is 0 Å². The van der Waals surface area contributed by atoms with Gasteiger partial charge < -0.3 is 15.7 Å². The van der Waals surface area contributed by atoms with Crippen LogP contribution in [0.5, 0.6) is 5.75 Å². The maximum Gasteiger partial charge on any atom is 0.190 e. The molecule has 0 unspecified atom stereocenters. The van der Waals surface area contributed by atoms with E-state index in [1.807, 2.05) is 19.2 Å². The summed E-state index contributed by atoms with van der Waals surface area (Å²) >= 11 is 0. The third-order valence-corrected chi connectivity index (χ3v) is 3.35. The van der Waals surface area contributed by atoms with E-state index in [-0.39, 0.29) is 0 Å². The number of aliphatic imine (C=N–C) groups is 1. The van der Waals surface area contributed by atoms with E-state index in [1.165, 1.54) is 18.4 Å². The number of aromatic hydroxyl groups is 1. The predicted octanol–water partition coefficient (Wildman–Crippen LogP) is 1.90. The first kappa shape index (κ1) is 13.7. The fourth-order valence-corrected chi connectivity index (χ4v) is 1.95. The van der Waals surface area contributed by atoms with Gasteiger partial charge in [0.2, 0.25) is 0 Å². The van der Waals surface area contributed by atoms with Crippen LogP contribution in [-0.4, -0.2) is 31.2 Å². The molecule has 3 N–H and O–H groups in total. The average Bonchev–Trinajstić information content (AvgIpc) is 3.24. The summed E-state index contributed by atoms with van der Waals surface area (Å²) < 4.78 is 0. The van der Waals surface area contributed by atoms with E-state index >= 15 is 0 Å². The highest BCUT2D eigenvalue weighted by Gasteiger charge is 2.20. The summed E-state index contributed by atoms with van der Waals surface area (Å²) in [6.45, 7) is 1.95. The third kappa shape index (κ3) is 5.20. The number of nitrogens with one attached hydrogen (secondary N) is 2. The van der Waals surface area contributed by atoms with E-state index in [1.54, 1.807) is 12.1 Å². The Hall–Kier alpha value is -1.71. The minimum absolute atomic E-state index is 0.326. The lowest BCUT2D eigenvalue weighted by Crippen LogP contribution is -2.38. The summed E-state index contributed by atoms with van der Waals surface area (Å²) in [5, 5.41) is 15.9. The number of aryl methyl sites for hydroxylation is 1. The molecule has 4 heteroatoms. The fourth-order valence-electron chi connectivity index (χ4n) is 1.95. The van der Waals surface area contributed by atoms with Crippen molar-refractivity contribution in [1.82, 2.24) is 10.6 Å². The van der Waals surface area contributed by atoms with Crippen LogP contribution in [0.25, 0.3) is 0 Å². The van der Waals surface area contributed by atoms with E-state index in [2.05, 4.69) is 15.6 Å². The number of hydrogen-bond acceptors (Lipinski definition) is 2. The van der Waals surface area contributed by atoms with Gasteiger partial charge in [-0.25, -0.2) is 0 Å². The lowest BCUT2D eigenvalue weighted by Gasteiger charge is -2.11. The molecule has 0 heterocycles. The van der Waals surface area contributed by atoms with Gasteiger partial charge in [0.25, 0.3) is 0 Å². The minimum atomic E-state index is 0.326. The standard InChI is InChI=1S/C15H23N3O/c1-16-15(18-11-13-4-5-13)17-10-2-3-12-6-8-14(19)9-7-12/h6-9,13,19H,2-5,10-11H2,1H3,(H2,16,17,18). The molecule has 0 aromatic heterocycles. The molecule has 1 fully saturated rings. The van der Waals surface area contributed by atoms with Gasteiger partial charge in [-0.3, -0.25) is 4.99 Å². The van der Waals surface area contributed by atoms with E-state index in [4.69, 9.17) is 0 Å². The van der Waals surface area contributed by atoms with Crippen LogP contribution < -0.4 is 10.6 Å². The SMILES string of the molecule is CN=C(NCCCc1ccc(O)cc1)NCC1CC1. The Morgan fingerprint density at radius 2 is 2.00 bits per heavy atom. The first-order valence-corrected chi connectivity index (χ1v) is 7.00. The van der Waals surface area contributed by atoms with Gasteiger partial charge in [-0.05, 0) is 49.3 Å². The molecule has 0 aliphatic heterocycles. The summed E-state index contributed by atoms with van der Waals surface area (Å²) in [5.74, 6) is 2.08. The summed E-state index contributed by atoms with van der Waals surface area (Å²) in [6.07, 6.45) is 4.76. The van der Waals surface area contributed by atoms with Crippen molar-refractivity contribution in [3.05, 3.63) is 29.8 Å². The third-order valence-electron chi connectivity index (χ3n) is 3.35. The lowest BCUT2D eigenvalue weighted by molar-refractivity contribution is 0.475. The van der Waals surface area contributed by atoms with Crippen molar-refractivity contribution in [2.75, 3.05) is 20.1 Å². The maximum absolute atomic E-state index is 9.21. The zero-order valence-electron chi connectivity index (χ0n) is 11.5. The zero-order chi connectivity index (χ0) is 13.5. The highest BCUT2D eigenvalue weighted by atomic mass is 16.3. The molecule has 0 bridgehead atoms. The molecule has 0 saturated heterocycles. The van der Waals surface area contributed by atoms with E-state index in [0.29, 0.717) is 5.75 Å². The Kier molecular flexibility index (Phi) is 5.07. The van der Waals surface area contributed by atoms with Crippen molar-refractivity contribution in [3.63, 3.8) is 0 Å².